The molecule has 2 amide bonds. The van der Waals surface area contributed by atoms with E-state index < -0.39 is 28.6 Å². The average Bonchev–Trinajstić information content (AvgIpc) is 2.92. The van der Waals surface area contributed by atoms with Crippen molar-refractivity contribution < 1.29 is 27.3 Å². The van der Waals surface area contributed by atoms with Crippen LogP contribution in [0.25, 0.3) is 0 Å². The Morgan fingerprint density at radius 3 is 2.54 bits per heavy atom. The van der Waals surface area contributed by atoms with Gasteiger partial charge in [-0.25, -0.2) is 0 Å². The summed E-state index contributed by atoms with van der Waals surface area (Å²) in [6.07, 6.45) is -4.80. The van der Waals surface area contributed by atoms with Crippen LogP contribution >= 0.6 is 11.6 Å². The summed E-state index contributed by atoms with van der Waals surface area (Å²) in [4.78, 5) is 24.8. The smallest absolute Gasteiger partial charge is 0.360 e. The van der Waals surface area contributed by atoms with Crippen LogP contribution in [0.15, 0.2) is 28.8 Å². The van der Waals surface area contributed by atoms with Gasteiger partial charge in [0, 0.05) is 31.6 Å². The molecular weight excluding hydrogens is 375 g/mol. The number of benzene rings is 1. The number of anilines is 2. The van der Waals surface area contributed by atoms with Crippen molar-refractivity contribution >= 4 is 34.9 Å². The van der Waals surface area contributed by atoms with Gasteiger partial charge in [0.15, 0.2) is 5.82 Å². The summed E-state index contributed by atoms with van der Waals surface area (Å²) in [5.41, 5.74) is -1.05. The van der Waals surface area contributed by atoms with E-state index in [1.165, 1.54) is 19.1 Å². The first-order valence-corrected chi connectivity index (χ1v) is 7.83. The minimum atomic E-state index is -4.66. The first-order chi connectivity index (χ1) is 12.1. The molecule has 0 aliphatic carbocycles. The summed E-state index contributed by atoms with van der Waals surface area (Å²) < 4.78 is 43.8. The molecule has 1 aromatic carbocycles. The van der Waals surface area contributed by atoms with Crippen LogP contribution in [0, 0.1) is 6.92 Å². The van der Waals surface area contributed by atoms with Gasteiger partial charge in [-0.15, -0.1) is 0 Å². The van der Waals surface area contributed by atoms with Crippen molar-refractivity contribution in [3.8, 4) is 0 Å². The second-order valence-corrected chi connectivity index (χ2v) is 5.86. The van der Waals surface area contributed by atoms with Gasteiger partial charge < -0.3 is 14.7 Å². The molecule has 1 heterocycles. The van der Waals surface area contributed by atoms with E-state index in [-0.39, 0.29) is 24.5 Å². The van der Waals surface area contributed by atoms with E-state index in [1.54, 1.807) is 6.92 Å². The summed E-state index contributed by atoms with van der Waals surface area (Å²) in [6.45, 7) is 2.73. The Labute approximate surface area is 151 Å². The van der Waals surface area contributed by atoms with Gasteiger partial charge in [-0.3, -0.25) is 9.59 Å². The van der Waals surface area contributed by atoms with E-state index in [2.05, 4.69) is 10.5 Å². The average molecular weight is 390 g/mol. The van der Waals surface area contributed by atoms with Crippen molar-refractivity contribution in [1.82, 2.24) is 5.16 Å². The molecule has 1 aromatic heterocycles. The Bertz CT molecular complexity index is 821. The molecule has 0 fully saturated rings. The molecule has 140 valence electrons. The van der Waals surface area contributed by atoms with E-state index in [1.807, 2.05) is 0 Å². The second kappa shape index (κ2) is 7.77. The van der Waals surface area contributed by atoms with Crippen LogP contribution < -0.4 is 10.2 Å². The number of nitrogens with one attached hydrogen (secondary N) is 1. The number of rotatable bonds is 5. The van der Waals surface area contributed by atoms with Crippen LogP contribution in [0.3, 0.4) is 0 Å². The van der Waals surface area contributed by atoms with E-state index in [0.717, 1.165) is 17.0 Å². The maximum absolute atomic E-state index is 13.0. The third-order valence-corrected chi connectivity index (χ3v) is 3.73. The monoisotopic (exact) mass is 389 g/mol. The Morgan fingerprint density at radius 1 is 1.31 bits per heavy atom. The zero-order valence-corrected chi connectivity index (χ0v) is 14.6. The zero-order valence-electron chi connectivity index (χ0n) is 13.9. The first kappa shape index (κ1) is 19.8. The molecule has 2 aromatic rings. The van der Waals surface area contributed by atoms with Crippen molar-refractivity contribution in [3.63, 3.8) is 0 Å². The predicted octanol–water partition coefficient (Wildman–Crippen LogP) is 4.04. The third-order valence-electron chi connectivity index (χ3n) is 3.41. The number of amides is 2. The molecule has 0 spiro atoms. The largest absolute Gasteiger partial charge is 0.417 e. The number of aromatic nitrogens is 1. The zero-order chi connectivity index (χ0) is 19.5. The van der Waals surface area contributed by atoms with Crippen LogP contribution in [0.4, 0.5) is 24.7 Å². The number of hydrogen-bond acceptors (Lipinski definition) is 4. The molecule has 0 atom stereocenters. The molecule has 6 nitrogen and oxygen atoms in total. The topological polar surface area (TPSA) is 75.4 Å². The minimum absolute atomic E-state index is 0.000643. The Balaban J connectivity index is 2.12. The van der Waals surface area contributed by atoms with Gasteiger partial charge in [-0.05, 0) is 25.1 Å². The summed E-state index contributed by atoms with van der Waals surface area (Å²) >= 11 is 5.58. The fourth-order valence-electron chi connectivity index (χ4n) is 2.21. The molecular formula is C16H15ClF3N3O3. The SMILES string of the molecule is CC(=O)N(CCC(=O)Nc1cc(C)on1)c1ccc(Cl)c(C(F)(F)F)c1. The second-order valence-electron chi connectivity index (χ2n) is 5.45. The van der Waals surface area contributed by atoms with E-state index in [9.17, 15) is 22.8 Å². The maximum atomic E-state index is 13.0. The van der Waals surface area contributed by atoms with Gasteiger partial charge in [0.1, 0.15) is 5.76 Å². The molecule has 26 heavy (non-hydrogen) atoms. The molecule has 0 aliphatic heterocycles. The fourth-order valence-corrected chi connectivity index (χ4v) is 2.44. The molecule has 0 unspecified atom stereocenters. The van der Waals surface area contributed by atoms with Crippen LogP contribution in [-0.4, -0.2) is 23.5 Å². The molecule has 0 bridgehead atoms. The van der Waals surface area contributed by atoms with E-state index >= 15 is 0 Å². The Morgan fingerprint density at radius 2 is 2.00 bits per heavy atom. The van der Waals surface area contributed by atoms with Gasteiger partial charge in [0.25, 0.3) is 0 Å². The number of aryl methyl sites for hydroxylation is 1. The van der Waals surface area contributed by atoms with E-state index in [0.29, 0.717) is 5.76 Å². The standard InChI is InChI=1S/C16H15ClF3N3O3/c1-9-7-14(22-26-9)21-15(25)5-6-23(10(2)24)11-3-4-13(17)12(8-11)16(18,19)20/h3-4,7-8H,5-6H2,1-2H3,(H,21,22,25). The van der Waals surface area contributed by atoms with Crippen LogP contribution in [0.1, 0.15) is 24.7 Å². The summed E-state index contributed by atoms with van der Waals surface area (Å²) in [7, 11) is 0. The van der Waals surface area contributed by atoms with Gasteiger partial charge in [-0.1, -0.05) is 16.8 Å². The number of halogens is 4. The van der Waals surface area contributed by atoms with Crippen molar-refractivity contribution in [1.29, 1.82) is 0 Å². The van der Waals surface area contributed by atoms with Gasteiger partial charge >= 0.3 is 6.18 Å². The number of carbonyl (C=O) groups is 2. The quantitative estimate of drug-likeness (QED) is 0.837. The first-order valence-electron chi connectivity index (χ1n) is 7.46. The number of nitrogens with zero attached hydrogens (tertiary/aromatic N) is 2. The lowest BCUT2D eigenvalue weighted by Crippen LogP contribution is -2.32. The van der Waals surface area contributed by atoms with Crippen LogP contribution in [0.2, 0.25) is 5.02 Å². The summed E-state index contributed by atoms with van der Waals surface area (Å²) in [6, 6.07) is 4.64. The Kier molecular flexibility index (Phi) is 5.91. The lowest BCUT2D eigenvalue weighted by atomic mass is 10.1. The summed E-state index contributed by atoms with van der Waals surface area (Å²) in [5.74, 6) is -0.251. The highest BCUT2D eigenvalue weighted by Crippen LogP contribution is 2.37. The highest BCUT2D eigenvalue weighted by atomic mass is 35.5. The number of carbonyl (C=O) groups excluding carboxylic acids is 2. The molecule has 1 N–H and O–H groups in total. The highest BCUT2D eigenvalue weighted by Gasteiger charge is 2.34. The lowest BCUT2D eigenvalue weighted by Gasteiger charge is -2.22. The van der Waals surface area contributed by atoms with Gasteiger partial charge in [0.2, 0.25) is 11.8 Å². The fraction of sp³-hybridized carbons (Fsp3) is 0.312. The van der Waals surface area contributed by atoms with Crippen LogP contribution in [0.5, 0.6) is 0 Å². The maximum Gasteiger partial charge on any atom is 0.417 e. The third kappa shape index (κ3) is 4.98. The van der Waals surface area contributed by atoms with Crippen molar-refractivity contribution in [3.05, 3.63) is 40.6 Å². The molecule has 0 saturated carbocycles. The normalized spacial score (nSPS) is 11.3. The van der Waals surface area contributed by atoms with E-state index in [4.69, 9.17) is 16.1 Å². The molecule has 10 heteroatoms. The number of alkyl halides is 3. The van der Waals surface area contributed by atoms with Gasteiger partial charge in [0.05, 0.1) is 10.6 Å². The molecule has 0 radical (unpaired) electrons. The lowest BCUT2D eigenvalue weighted by molar-refractivity contribution is -0.137. The Hall–Kier alpha value is -2.55. The molecule has 0 aliphatic rings. The van der Waals surface area contributed by atoms with Crippen LogP contribution in [-0.2, 0) is 15.8 Å². The summed E-state index contributed by atoms with van der Waals surface area (Å²) in [5, 5.41) is 5.60. The molecule has 2 rings (SSSR count). The number of hydrogen-bond donors (Lipinski definition) is 1. The van der Waals surface area contributed by atoms with Gasteiger partial charge in [-0.2, -0.15) is 13.2 Å². The van der Waals surface area contributed by atoms with Crippen molar-refractivity contribution in [2.75, 3.05) is 16.8 Å². The highest BCUT2D eigenvalue weighted by molar-refractivity contribution is 6.31. The van der Waals surface area contributed by atoms with Crippen molar-refractivity contribution in [2.45, 2.75) is 26.4 Å². The molecule has 0 saturated heterocycles. The predicted molar refractivity (Wildman–Crippen MR) is 89.0 cm³/mol. The van der Waals surface area contributed by atoms with Crippen molar-refractivity contribution in [2.24, 2.45) is 0 Å². The minimum Gasteiger partial charge on any atom is -0.360 e.